The molecule has 35 heavy (non-hydrogen) atoms. The number of carbonyl (C=O) groups is 2. The maximum atomic E-state index is 13.5. The van der Waals surface area contributed by atoms with Gasteiger partial charge in [0.15, 0.2) is 0 Å². The summed E-state index contributed by atoms with van der Waals surface area (Å²) in [6, 6.07) is 20.7. The summed E-state index contributed by atoms with van der Waals surface area (Å²) in [5, 5.41) is 10.8. The first kappa shape index (κ1) is 24.6. The second-order valence-electron chi connectivity index (χ2n) is 8.18. The summed E-state index contributed by atoms with van der Waals surface area (Å²) in [5.74, 6) is -0.290. The van der Waals surface area contributed by atoms with Crippen molar-refractivity contribution in [3.8, 4) is 9.88 Å². The number of aromatic nitrogens is 1. The van der Waals surface area contributed by atoms with Crippen molar-refractivity contribution in [1.29, 1.82) is 0 Å². The standard InChI is InChI=1S/C27H27N3O3S2/c1-18-10-12-20(13-11-18)15-21(23-17-35-26(29-23)24-9-6-14-34-24)28-25(31)22(30-27(32)33-2)16-19-7-4-3-5-8-19/h3-14,17,21-22H,15-16H2,1-2H3,(H,28,31)(H,30,32)/t21-,22-/m1/s1. The van der Waals surface area contributed by atoms with Gasteiger partial charge in [0.1, 0.15) is 11.0 Å². The monoisotopic (exact) mass is 505 g/mol. The number of rotatable bonds is 9. The van der Waals surface area contributed by atoms with E-state index in [9.17, 15) is 9.59 Å². The first-order valence-electron chi connectivity index (χ1n) is 11.3. The van der Waals surface area contributed by atoms with Crippen LogP contribution in [-0.4, -0.2) is 30.1 Å². The quantitative estimate of drug-likeness (QED) is 0.313. The highest BCUT2D eigenvalue weighted by molar-refractivity contribution is 7.20. The van der Waals surface area contributed by atoms with Gasteiger partial charge in [-0.1, -0.05) is 66.2 Å². The van der Waals surface area contributed by atoms with Gasteiger partial charge in [0, 0.05) is 11.8 Å². The van der Waals surface area contributed by atoms with Crippen molar-refractivity contribution in [3.63, 3.8) is 0 Å². The number of carbonyl (C=O) groups excluding carboxylic acids is 2. The van der Waals surface area contributed by atoms with E-state index in [0.29, 0.717) is 12.8 Å². The molecule has 4 rings (SSSR count). The Balaban J connectivity index is 1.59. The highest BCUT2D eigenvalue weighted by atomic mass is 32.1. The number of thiazole rings is 1. The Labute approximate surface area is 213 Å². The molecule has 0 aliphatic carbocycles. The van der Waals surface area contributed by atoms with Gasteiger partial charge in [-0.15, -0.1) is 22.7 Å². The largest absolute Gasteiger partial charge is 0.453 e. The molecule has 0 fully saturated rings. The van der Waals surface area contributed by atoms with E-state index in [1.54, 1.807) is 22.7 Å². The molecule has 8 heteroatoms. The van der Waals surface area contributed by atoms with E-state index in [1.165, 1.54) is 12.7 Å². The summed E-state index contributed by atoms with van der Waals surface area (Å²) in [5.41, 5.74) is 4.00. The second kappa shape index (κ2) is 11.8. The Morgan fingerprint density at radius 3 is 2.34 bits per heavy atom. The fraction of sp³-hybridized carbons (Fsp3) is 0.222. The molecule has 2 amide bonds. The molecule has 180 valence electrons. The molecule has 0 spiro atoms. The number of hydrogen-bond acceptors (Lipinski definition) is 6. The zero-order chi connectivity index (χ0) is 24.6. The van der Waals surface area contributed by atoms with Crippen molar-refractivity contribution >= 4 is 34.7 Å². The van der Waals surface area contributed by atoms with Gasteiger partial charge in [-0.05, 0) is 35.9 Å². The number of benzene rings is 2. The van der Waals surface area contributed by atoms with Gasteiger partial charge in [0.05, 0.1) is 23.7 Å². The lowest BCUT2D eigenvalue weighted by Crippen LogP contribution is -2.49. The van der Waals surface area contributed by atoms with E-state index in [4.69, 9.17) is 9.72 Å². The SMILES string of the molecule is COC(=O)N[C@H](Cc1ccccc1)C(=O)N[C@H](Cc1ccc(C)cc1)c1csc(-c2cccs2)n1. The van der Waals surface area contributed by atoms with Gasteiger partial charge < -0.3 is 15.4 Å². The summed E-state index contributed by atoms with van der Waals surface area (Å²) >= 11 is 3.19. The fourth-order valence-electron chi connectivity index (χ4n) is 3.68. The van der Waals surface area contributed by atoms with Gasteiger partial charge in [-0.3, -0.25) is 4.79 Å². The minimum Gasteiger partial charge on any atom is -0.453 e. The van der Waals surface area contributed by atoms with Crippen LogP contribution in [0.2, 0.25) is 0 Å². The Hall–Kier alpha value is -3.49. The first-order valence-corrected chi connectivity index (χ1v) is 13.0. The molecule has 2 N–H and O–H groups in total. The zero-order valence-corrected chi connectivity index (χ0v) is 21.2. The maximum absolute atomic E-state index is 13.5. The number of aryl methyl sites for hydroxylation is 1. The molecule has 0 radical (unpaired) electrons. The van der Waals surface area contributed by atoms with Crippen LogP contribution in [0, 0.1) is 6.92 Å². The summed E-state index contributed by atoms with van der Waals surface area (Å²) in [6.45, 7) is 2.05. The molecule has 0 saturated heterocycles. The molecule has 6 nitrogen and oxygen atoms in total. The number of amides is 2. The van der Waals surface area contributed by atoms with Crippen LogP contribution in [0.15, 0.2) is 77.5 Å². The molecule has 0 aliphatic heterocycles. The third-order valence-electron chi connectivity index (χ3n) is 5.56. The van der Waals surface area contributed by atoms with Crippen molar-refractivity contribution in [2.45, 2.75) is 31.8 Å². The number of ether oxygens (including phenoxy) is 1. The van der Waals surface area contributed by atoms with Crippen molar-refractivity contribution in [2.24, 2.45) is 0 Å². The number of alkyl carbamates (subject to hydrolysis) is 1. The number of thiophene rings is 1. The molecular formula is C27H27N3O3S2. The number of hydrogen-bond donors (Lipinski definition) is 2. The van der Waals surface area contributed by atoms with Crippen LogP contribution in [0.1, 0.15) is 28.4 Å². The molecule has 0 unspecified atom stereocenters. The van der Waals surface area contributed by atoms with Gasteiger partial charge in [0.2, 0.25) is 5.91 Å². The highest BCUT2D eigenvalue weighted by Crippen LogP contribution is 2.30. The Morgan fingerprint density at radius 2 is 1.66 bits per heavy atom. The predicted octanol–water partition coefficient (Wildman–Crippen LogP) is 5.55. The van der Waals surface area contributed by atoms with Crippen LogP contribution < -0.4 is 10.6 Å². The van der Waals surface area contributed by atoms with Crippen LogP contribution >= 0.6 is 22.7 Å². The van der Waals surface area contributed by atoms with E-state index in [0.717, 1.165) is 26.7 Å². The van der Waals surface area contributed by atoms with E-state index in [1.807, 2.05) is 60.1 Å². The number of nitrogens with one attached hydrogen (secondary N) is 2. The summed E-state index contributed by atoms with van der Waals surface area (Å²) < 4.78 is 4.77. The average molecular weight is 506 g/mol. The third kappa shape index (κ3) is 6.77. The molecule has 0 saturated carbocycles. The Morgan fingerprint density at radius 1 is 0.914 bits per heavy atom. The number of methoxy groups -OCH3 is 1. The van der Waals surface area contributed by atoms with Gasteiger partial charge in [-0.2, -0.15) is 0 Å². The summed E-state index contributed by atoms with van der Waals surface area (Å²) in [6.07, 6.45) is 0.275. The molecule has 2 aromatic carbocycles. The highest BCUT2D eigenvalue weighted by Gasteiger charge is 2.26. The number of nitrogens with zero attached hydrogens (tertiary/aromatic N) is 1. The lowest BCUT2D eigenvalue weighted by Gasteiger charge is -2.23. The third-order valence-corrected chi connectivity index (χ3v) is 7.46. The lowest BCUT2D eigenvalue weighted by atomic mass is 10.0. The molecule has 2 atom stereocenters. The van der Waals surface area contributed by atoms with Crippen molar-refractivity contribution in [3.05, 3.63) is 99.9 Å². The fourth-order valence-corrected chi connectivity index (χ4v) is 5.37. The normalized spacial score (nSPS) is 12.5. The molecule has 4 aromatic rings. The van der Waals surface area contributed by atoms with Crippen LogP contribution in [0.3, 0.4) is 0 Å². The Kier molecular flexibility index (Phi) is 8.28. The maximum Gasteiger partial charge on any atom is 0.407 e. The van der Waals surface area contributed by atoms with E-state index >= 15 is 0 Å². The molecular weight excluding hydrogens is 478 g/mol. The van der Waals surface area contributed by atoms with Gasteiger partial charge in [0.25, 0.3) is 0 Å². The minimum absolute atomic E-state index is 0.290. The van der Waals surface area contributed by atoms with Gasteiger partial charge in [-0.25, -0.2) is 9.78 Å². The molecule has 0 aliphatic rings. The predicted molar refractivity (Wildman–Crippen MR) is 141 cm³/mol. The lowest BCUT2D eigenvalue weighted by molar-refractivity contribution is -0.123. The smallest absolute Gasteiger partial charge is 0.407 e. The summed E-state index contributed by atoms with van der Waals surface area (Å²) in [7, 11) is 1.29. The van der Waals surface area contributed by atoms with Crippen LogP contribution in [0.5, 0.6) is 0 Å². The topological polar surface area (TPSA) is 80.3 Å². The first-order chi connectivity index (χ1) is 17.0. The average Bonchev–Trinajstić information content (AvgIpc) is 3.57. The van der Waals surface area contributed by atoms with E-state index < -0.39 is 12.1 Å². The summed E-state index contributed by atoms with van der Waals surface area (Å²) in [4.78, 5) is 31.4. The molecule has 0 bridgehead atoms. The van der Waals surface area contributed by atoms with Crippen LogP contribution in [0.25, 0.3) is 9.88 Å². The van der Waals surface area contributed by atoms with Crippen LogP contribution in [-0.2, 0) is 22.4 Å². The molecule has 2 aromatic heterocycles. The van der Waals surface area contributed by atoms with Crippen molar-refractivity contribution in [1.82, 2.24) is 15.6 Å². The van der Waals surface area contributed by atoms with E-state index in [2.05, 4.69) is 34.9 Å². The van der Waals surface area contributed by atoms with Crippen LogP contribution in [0.4, 0.5) is 4.79 Å². The van der Waals surface area contributed by atoms with Gasteiger partial charge >= 0.3 is 6.09 Å². The minimum atomic E-state index is -0.791. The van der Waals surface area contributed by atoms with Crippen molar-refractivity contribution < 1.29 is 14.3 Å². The zero-order valence-electron chi connectivity index (χ0n) is 19.6. The second-order valence-corrected chi connectivity index (χ2v) is 9.99. The van der Waals surface area contributed by atoms with Crippen molar-refractivity contribution in [2.75, 3.05) is 7.11 Å². The Bertz CT molecular complexity index is 1240. The van der Waals surface area contributed by atoms with E-state index in [-0.39, 0.29) is 11.9 Å². The molecule has 2 heterocycles.